The van der Waals surface area contributed by atoms with Crippen LogP contribution in [0, 0.1) is 0 Å². The third kappa shape index (κ3) is 2.24. The topological polar surface area (TPSA) is 58.5 Å². The molecule has 1 aromatic heterocycles. The smallest absolute Gasteiger partial charge is 0.225 e. The number of aliphatic hydroxyl groups excluding tert-OH is 1. The van der Waals surface area contributed by atoms with Crippen molar-refractivity contribution in [3.8, 4) is 0 Å². The summed E-state index contributed by atoms with van der Waals surface area (Å²) in [4.78, 5) is 10.6. The molecule has 0 saturated carbocycles. The molecule has 0 aliphatic carbocycles. The van der Waals surface area contributed by atoms with Crippen LogP contribution >= 0.6 is 0 Å². The molecule has 1 N–H and O–H groups in total. The molecule has 1 unspecified atom stereocenters. The van der Waals surface area contributed by atoms with E-state index in [9.17, 15) is 0 Å². The molecule has 2 heterocycles. The van der Waals surface area contributed by atoms with Gasteiger partial charge in [-0.25, -0.2) is 9.97 Å². The third-order valence-electron chi connectivity index (χ3n) is 2.49. The fraction of sp³-hybridized carbons (Fsp3) is 0.600. The van der Waals surface area contributed by atoms with Crippen molar-refractivity contribution in [1.82, 2.24) is 9.97 Å². The average Bonchev–Trinajstić information content (AvgIpc) is 2.30. The van der Waals surface area contributed by atoms with Gasteiger partial charge in [0.25, 0.3) is 0 Å². The van der Waals surface area contributed by atoms with Gasteiger partial charge in [0.05, 0.1) is 31.6 Å². The summed E-state index contributed by atoms with van der Waals surface area (Å²) in [6.07, 6.45) is 1.68. The summed E-state index contributed by atoms with van der Waals surface area (Å²) in [6, 6.07) is 2.00. The van der Waals surface area contributed by atoms with Gasteiger partial charge in [-0.15, -0.1) is 0 Å². The normalized spacial score (nSPS) is 21.7. The summed E-state index contributed by atoms with van der Waals surface area (Å²) >= 11 is 0. The monoisotopic (exact) mass is 209 g/mol. The van der Waals surface area contributed by atoms with Crippen molar-refractivity contribution in [2.45, 2.75) is 19.6 Å². The lowest BCUT2D eigenvalue weighted by atomic mass is 10.3. The zero-order valence-electron chi connectivity index (χ0n) is 8.76. The zero-order chi connectivity index (χ0) is 10.7. The number of rotatable bonds is 2. The second-order valence-electron chi connectivity index (χ2n) is 3.62. The van der Waals surface area contributed by atoms with Crippen molar-refractivity contribution in [2.75, 3.05) is 24.7 Å². The van der Waals surface area contributed by atoms with Crippen LogP contribution in [0.4, 0.5) is 5.95 Å². The molecule has 2 rings (SSSR count). The second kappa shape index (κ2) is 4.55. The van der Waals surface area contributed by atoms with Crippen molar-refractivity contribution in [2.24, 2.45) is 0 Å². The molecule has 1 aliphatic rings. The van der Waals surface area contributed by atoms with Gasteiger partial charge in [-0.05, 0) is 13.0 Å². The van der Waals surface area contributed by atoms with Gasteiger partial charge in [-0.2, -0.15) is 0 Å². The Morgan fingerprint density at radius 1 is 1.67 bits per heavy atom. The van der Waals surface area contributed by atoms with Crippen molar-refractivity contribution in [1.29, 1.82) is 0 Å². The lowest BCUT2D eigenvalue weighted by molar-refractivity contribution is 0.0980. The second-order valence-corrected chi connectivity index (χ2v) is 3.62. The highest BCUT2D eigenvalue weighted by atomic mass is 16.5. The van der Waals surface area contributed by atoms with Crippen molar-refractivity contribution in [3.05, 3.63) is 18.0 Å². The number of hydrogen-bond acceptors (Lipinski definition) is 5. The van der Waals surface area contributed by atoms with E-state index in [1.807, 2.05) is 0 Å². The first-order chi connectivity index (χ1) is 7.31. The largest absolute Gasteiger partial charge is 0.390 e. The van der Waals surface area contributed by atoms with Crippen LogP contribution in [0.3, 0.4) is 0 Å². The predicted octanol–water partition coefficient (Wildman–Crippen LogP) is 0.194. The summed E-state index contributed by atoms with van der Waals surface area (Å²) < 4.78 is 5.34. The van der Waals surface area contributed by atoms with Gasteiger partial charge >= 0.3 is 0 Å². The first-order valence-corrected chi connectivity index (χ1v) is 5.08. The van der Waals surface area contributed by atoms with Gasteiger partial charge in [0.15, 0.2) is 0 Å². The van der Waals surface area contributed by atoms with Crippen LogP contribution in [-0.4, -0.2) is 40.9 Å². The minimum atomic E-state index is -0.0474. The molecule has 0 spiro atoms. The Morgan fingerprint density at radius 3 is 3.27 bits per heavy atom. The van der Waals surface area contributed by atoms with E-state index in [-0.39, 0.29) is 12.6 Å². The Labute approximate surface area is 88.7 Å². The molecule has 0 bridgehead atoms. The SMILES string of the molecule is CC1COCCN1c1nccc(CO)n1. The lowest BCUT2D eigenvalue weighted by Crippen LogP contribution is -2.44. The minimum Gasteiger partial charge on any atom is -0.390 e. The molecule has 1 aliphatic heterocycles. The maximum absolute atomic E-state index is 8.99. The first-order valence-electron chi connectivity index (χ1n) is 5.08. The van der Waals surface area contributed by atoms with Crippen molar-refractivity contribution < 1.29 is 9.84 Å². The van der Waals surface area contributed by atoms with Crippen molar-refractivity contribution >= 4 is 5.95 Å². The number of morpholine rings is 1. The van der Waals surface area contributed by atoms with E-state index in [0.717, 1.165) is 6.54 Å². The highest BCUT2D eigenvalue weighted by Crippen LogP contribution is 2.14. The summed E-state index contributed by atoms with van der Waals surface area (Å²) in [7, 11) is 0. The Bertz CT molecular complexity index is 332. The van der Waals surface area contributed by atoms with Gasteiger partial charge in [-0.3, -0.25) is 0 Å². The standard InChI is InChI=1S/C10H15N3O2/c1-8-7-15-5-4-13(8)10-11-3-2-9(6-14)12-10/h2-3,8,14H,4-7H2,1H3. The van der Waals surface area contributed by atoms with Crippen molar-refractivity contribution in [3.63, 3.8) is 0 Å². The molecule has 1 aromatic rings. The number of aliphatic hydroxyl groups is 1. The Hall–Kier alpha value is -1.20. The third-order valence-corrected chi connectivity index (χ3v) is 2.49. The number of aromatic nitrogens is 2. The highest BCUT2D eigenvalue weighted by Gasteiger charge is 2.21. The Morgan fingerprint density at radius 2 is 2.53 bits per heavy atom. The predicted molar refractivity (Wildman–Crippen MR) is 55.6 cm³/mol. The van der Waals surface area contributed by atoms with E-state index >= 15 is 0 Å². The molecule has 0 aromatic carbocycles. The zero-order valence-corrected chi connectivity index (χ0v) is 8.76. The molecule has 15 heavy (non-hydrogen) atoms. The van der Waals surface area contributed by atoms with E-state index in [2.05, 4.69) is 21.8 Å². The molecule has 5 heteroatoms. The quantitative estimate of drug-likeness (QED) is 0.753. The Balaban J connectivity index is 2.19. The van der Waals surface area contributed by atoms with Crippen LogP contribution in [-0.2, 0) is 11.3 Å². The summed E-state index contributed by atoms with van der Waals surface area (Å²) in [6.45, 7) is 4.24. The first kappa shape index (κ1) is 10.3. The lowest BCUT2D eigenvalue weighted by Gasteiger charge is -2.33. The number of anilines is 1. The molecular weight excluding hydrogens is 194 g/mol. The van der Waals surface area contributed by atoms with Crippen LogP contribution in [0.2, 0.25) is 0 Å². The van der Waals surface area contributed by atoms with Gasteiger partial charge in [-0.1, -0.05) is 0 Å². The van der Waals surface area contributed by atoms with Gasteiger partial charge in [0.1, 0.15) is 0 Å². The molecule has 1 saturated heterocycles. The molecule has 1 fully saturated rings. The number of ether oxygens (including phenoxy) is 1. The maximum Gasteiger partial charge on any atom is 0.225 e. The van der Waals surface area contributed by atoms with Crippen LogP contribution in [0.1, 0.15) is 12.6 Å². The van der Waals surface area contributed by atoms with Crippen LogP contribution in [0.25, 0.3) is 0 Å². The highest BCUT2D eigenvalue weighted by molar-refractivity contribution is 5.32. The molecule has 1 atom stereocenters. The number of hydrogen-bond donors (Lipinski definition) is 1. The fourth-order valence-corrected chi connectivity index (χ4v) is 1.64. The average molecular weight is 209 g/mol. The van der Waals surface area contributed by atoms with E-state index in [1.165, 1.54) is 0 Å². The fourth-order valence-electron chi connectivity index (χ4n) is 1.64. The van der Waals surface area contributed by atoms with E-state index < -0.39 is 0 Å². The Kier molecular flexibility index (Phi) is 3.13. The van der Waals surface area contributed by atoms with E-state index in [0.29, 0.717) is 24.9 Å². The molecule has 5 nitrogen and oxygen atoms in total. The maximum atomic E-state index is 8.99. The molecule has 0 radical (unpaired) electrons. The summed E-state index contributed by atoms with van der Waals surface area (Å²) in [5, 5.41) is 8.99. The molecular formula is C10H15N3O2. The van der Waals surface area contributed by atoms with Gasteiger partial charge < -0.3 is 14.7 Å². The van der Waals surface area contributed by atoms with Crippen LogP contribution in [0.15, 0.2) is 12.3 Å². The summed E-state index contributed by atoms with van der Waals surface area (Å²) in [5.74, 6) is 0.678. The summed E-state index contributed by atoms with van der Waals surface area (Å²) in [5.41, 5.74) is 0.652. The minimum absolute atomic E-state index is 0.0474. The van der Waals surface area contributed by atoms with Crippen LogP contribution in [0.5, 0.6) is 0 Å². The van der Waals surface area contributed by atoms with E-state index in [1.54, 1.807) is 12.3 Å². The van der Waals surface area contributed by atoms with Crippen LogP contribution < -0.4 is 4.90 Å². The van der Waals surface area contributed by atoms with E-state index in [4.69, 9.17) is 9.84 Å². The van der Waals surface area contributed by atoms with Gasteiger partial charge in [0.2, 0.25) is 5.95 Å². The molecule has 0 amide bonds. The number of nitrogens with zero attached hydrogens (tertiary/aromatic N) is 3. The van der Waals surface area contributed by atoms with Gasteiger partial charge in [0, 0.05) is 12.7 Å². The molecule has 82 valence electrons.